The standard InChI is InChI=1S/C31H25N5O2/c37-30(28-23-15-7-8-16-24(23)31(38)36(35-28)20-22-13-5-2-6-14-22)34-27(19-21-11-3-1-4-12-21)29-32-25-17-9-10-18-26(25)33-29/h1-18,27H,19-20H2,(H,32,33)(H,34,37)/t27-/m0/s1. The Kier molecular flexibility index (Phi) is 6.24. The van der Waals surface area contributed by atoms with Crippen molar-refractivity contribution in [1.29, 1.82) is 0 Å². The van der Waals surface area contributed by atoms with Crippen LogP contribution in [0.2, 0.25) is 0 Å². The molecule has 4 aromatic carbocycles. The van der Waals surface area contributed by atoms with Gasteiger partial charge in [0.05, 0.1) is 29.0 Å². The van der Waals surface area contributed by atoms with Gasteiger partial charge < -0.3 is 10.3 Å². The van der Waals surface area contributed by atoms with Crippen LogP contribution in [0.1, 0.15) is 33.5 Å². The Bertz CT molecular complexity index is 1760. The summed E-state index contributed by atoms with van der Waals surface area (Å²) in [6.45, 7) is 0.266. The van der Waals surface area contributed by atoms with Crippen molar-refractivity contribution in [1.82, 2.24) is 25.1 Å². The van der Waals surface area contributed by atoms with Gasteiger partial charge in [-0.05, 0) is 35.7 Å². The second kappa shape index (κ2) is 10.1. The first-order valence-electron chi connectivity index (χ1n) is 12.5. The van der Waals surface area contributed by atoms with E-state index < -0.39 is 6.04 Å². The highest BCUT2D eigenvalue weighted by Gasteiger charge is 2.23. The van der Waals surface area contributed by atoms with Gasteiger partial charge in [-0.25, -0.2) is 9.67 Å². The molecule has 0 aliphatic carbocycles. The van der Waals surface area contributed by atoms with Crippen molar-refractivity contribution >= 4 is 27.7 Å². The SMILES string of the molecule is O=C(N[C@@H](Cc1ccccc1)c1nc2ccccc2[nH]1)c1nn(Cc2ccccc2)c(=O)c2ccccc12. The molecular weight excluding hydrogens is 474 g/mol. The van der Waals surface area contributed by atoms with Gasteiger partial charge >= 0.3 is 0 Å². The first kappa shape index (κ1) is 23.4. The van der Waals surface area contributed by atoms with Gasteiger partial charge in [-0.3, -0.25) is 9.59 Å². The Balaban J connectivity index is 1.40. The number of rotatable bonds is 7. The molecule has 2 aromatic heterocycles. The molecule has 0 aliphatic rings. The monoisotopic (exact) mass is 499 g/mol. The molecule has 0 bridgehead atoms. The normalized spacial score (nSPS) is 12.0. The molecule has 2 heterocycles. The van der Waals surface area contributed by atoms with E-state index in [1.54, 1.807) is 18.2 Å². The van der Waals surface area contributed by atoms with Crippen molar-refractivity contribution in [2.75, 3.05) is 0 Å². The molecule has 0 fully saturated rings. The lowest BCUT2D eigenvalue weighted by Crippen LogP contribution is -2.34. The lowest BCUT2D eigenvalue weighted by atomic mass is 10.0. The average Bonchev–Trinajstić information content (AvgIpc) is 3.40. The molecule has 38 heavy (non-hydrogen) atoms. The van der Waals surface area contributed by atoms with E-state index in [9.17, 15) is 9.59 Å². The Morgan fingerprint density at radius 1 is 0.789 bits per heavy atom. The number of carbonyl (C=O) groups excluding carboxylic acids is 1. The maximum Gasteiger partial charge on any atom is 0.274 e. The minimum Gasteiger partial charge on any atom is -0.340 e. The number of aromatic nitrogens is 4. The van der Waals surface area contributed by atoms with Crippen LogP contribution in [-0.4, -0.2) is 25.7 Å². The highest BCUT2D eigenvalue weighted by atomic mass is 16.2. The molecule has 0 aliphatic heterocycles. The van der Waals surface area contributed by atoms with Crippen LogP contribution in [0.4, 0.5) is 0 Å². The summed E-state index contributed by atoms with van der Waals surface area (Å²) in [5.41, 5.74) is 3.67. The molecule has 6 aromatic rings. The zero-order valence-corrected chi connectivity index (χ0v) is 20.5. The molecule has 0 unspecified atom stereocenters. The minimum absolute atomic E-state index is 0.199. The molecule has 1 atom stereocenters. The van der Waals surface area contributed by atoms with Crippen LogP contribution in [0.3, 0.4) is 0 Å². The third kappa shape index (κ3) is 4.69. The number of hydrogen-bond acceptors (Lipinski definition) is 4. The van der Waals surface area contributed by atoms with E-state index >= 15 is 0 Å². The number of benzene rings is 4. The summed E-state index contributed by atoms with van der Waals surface area (Å²) < 4.78 is 1.36. The summed E-state index contributed by atoms with van der Waals surface area (Å²) in [6, 6.07) is 34.0. The fraction of sp³-hybridized carbons (Fsp3) is 0.0968. The summed E-state index contributed by atoms with van der Waals surface area (Å²) in [7, 11) is 0. The lowest BCUT2D eigenvalue weighted by Gasteiger charge is -2.18. The summed E-state index contributed by atoms with van der Waals surface area (Å²) >= 11 is 0. The molecule has 0 spiro atoms. The Morgan fingerprint density at radius 2 is 1.42 bits per heavy atom. The molecule has 0 saturated carbocycles. The van der Waals surface area contributed by atoms with Crippen molar-refractivity contribution in [2.45, 2.75) is 19.0 Å². The third-order valence-corrected chi connectivity index (χ3v) is 6.58. The van der Waals surface area contributed by atoms with E-state index in [1.807, 2.05) is 91.0 Å². The van der Waals surface area contributed by atoms with Crippen LogP contribution in [0.15, 0.2) is 114 Å². The van der Waals surface area contributed by atoms with E-state index in [0.29, 0.717) is 23.0 Å². The Morgan fingerprint density at radius 3 is 2.16 bits per heavy atom. The molecule has 6 rings (SSSR count). The smallest absolute Gasteiger partial charge is 0.274 e. The van der Waals surface area contributed by atoms with Crippen LogP contribution in [-0.2, 0) is 13.0 Å². The number of nitrogens with zero attached hydrogens (tertiary/aromatic N) is 3. The minimum atomic E-state index is -0.438. The summed E-state index contributed by atoms with van der Waals surface area (Å²) in [4.78, 5) is 35.2. The molecule has 7 nitrogen and oxygen atoms in total. The van der Waals surface area contributed by atoms with E-state index in [4.69, 9.17) is 4.98 Å². The van der Waals surface area contributed by atoms with E-state index in [2.05, 4.69) is 15.4 Å². The number of amides is 1. The zero-order chi connectivity index (χ0) is 25.9. The quantitative estimate of drug-likeness (QED) is 0.322. The van der Waals surface area contributed by atoms with Gasteiger partial charge in [0.1, 0.15) is 5.82 Å². The van der Waals surface area contributed by atoms with Gasteiger partial charge in [-0.15, -0.1) is 0 Å². The van der Waals surface area contributed by atoms with Gasteiger partial charge in [-0.2, -0.15) is 5.10 Å². The highest BCUT2D eigenvalue weighted by Crippen LogP contribution is 2.22. The fourth-order valence-electron chi connectivity index (χ4n) is 4.70. The van der Waals surface area contributed by atoms with Gasteiger partial charge in [0.15, 0.2) is 5.69 Å². The van der Waals surface area contributed by atoms with Gasteiger partial charge in [-0.1, -0.05) is 91.0 Å². The summed E-state index contributed by atoms with van der Waals surface area (Å²) in [5.74, 6) is 0.287. The highest BCUT2D eigenvalue weighted by molar-refractivity contribution is 6.04. The largest absolute Gasteiger partial charge is 0.340 e. The van der Waals surface area contributed by atoms with Gasteiger partial charge in [0.25, 0.3) is 11.5 Å². The molecule has 1 amide bonds. The number of nitrogens with one attached hydrogen (secondary N) is 2. The topological polar surface area (TPSA) is 92.7 Å². The number of H-pyrrole nitrogens is 1. The number of hydrogen-bond donors (Lipinski definition) is 2. The predicted octanol–water partition coefficient (Wildman–Crippen LogP) is 5.03. The number of fused-ring (bicyclic) bond motifs is 2. The van der Waals surface area contributed by atoms with Crippen LogP contribution in [0.5, 0.6) is 0 Å². The van der Waals surface area contributed by atoms with E-state index in [0.717, 1.165) is 22.2 Å². The number of carbonyl (C=O) groups is 1. The zero-order valence-electron chi connectivity index (χ0n) is 20.5. The molecule has 2 N–H and O–H groups in total. The molecule has 7 heteroatoms. The maximum absolute atomic E-state index is 13.8. The van der Waals surface area contributed by atoms with Crippen LogP contribution in [0, 0.1) is 0 Å². The number of aromatic amines is 1. The molecular formula is C31H25N5O2. The fourth-order valence-corrected chi connectivity index (χ4v) is 4.70. The second-order valence-electron chi connectivity index (χ2n) is 9.20. The molecule has 186 valence electrons. The number of imidazole rings is 1. The average molecular weight is 500 g/mol. The molecule has 0 saturated heterocycles. The van der Waals surface area contributed by atoms with Crippen LogP contribution in [0.25, 0.3) is 21.8 Å². The van der Waals surface area contributed by atoms with Gasteiger partial charge in [0, 0.05) is 5.39 Å². The van der Waals surface area contributed by atoms with Crippen molar-refractivity contribution in [3.63, 3.8) is 0 Å². The van der Waals surface area contributed by atoms with Crippen molar-refractivity contribution in [3.8, 4) is 0 Å². The first-order chi connectivity index (χ1) is 18.7. The van der Waals surface area contributed by atoms with Crippen molar-refractivity contribution < 1.29 is 4.79 Å². The summed E-state index contributed by atoms with van der Waals surface area (Å²) in [6.07, 6.45) is 0.536. The summed E-state index contributed by atoms with van der Waals surface area (Å²) in [5, 5.41) is 8.67. The van der Waals surface area contributed by atoms with Crippen molar-refractivity contribution in [3.05, 3.63) is 142 Å². The van der Waals surface area contributed by atoms with E-state index in [1.165, 1.54) is 4.68 Å². The van der Waals surface area contributed by atoms with Crippen LogP contribution >= 0.6 is 0 Å². The lowest BCUT2D eigenvalue weighted by molar-refractivity contribution is 0.0929. The first-order valence-corrected chi connectivity index (χ1v) is 12.5. The third-order valence-electron chi connectivity index (χ3n) is 6.58. The van der Waals surface area contributed by atoms with Crippen LogP contribution < -0.4 is 10.9 Å². The predicted molar refractivity (Wildman–Crippen MR) is 148 cm³/mol. The van der Waals surface area contributed by atoms with Crippen molar-refractivity contribution in [2.24, 2.45) is 0 Å². The Labute approximate surface area is 218 Å². The molecule has 0 radical (unpaired) electrons. The van der Waals surface area contributed by atoms with Gasteiger partial charge in [0.2, 0.25) is 0 Å². The Hall–Kier alpha value is -5.04. The maximum atomic E-state index is 13.8. The van der Waals surface area contributed by atoms with E-state index in [-0.39, 0.29) is 23.7 Å². The number of para-hydroxylation sites is 2. The second-order valence-corrected chi connectivity index (χ2v) is 9.20.